The molecule has 0 saturated carbocycles. The fourth-order valence-corrected chi connectivity index (χ4v) is 2.36. The fourth-order valence-electron chi connectivity index (χ4n) is 2.23. The van der Waals surface area contributed by atoms with Gasteiger partial charge in [0.15, 0.2) is 5.96 Å². The standard InChI is InChI=1S/C16H22ClN7O5/c17-10-3-1-8(2-4-10)9(7-21-15(19)20)5-12(25)23-24-16(29)22-11(14(18)28)6-13(26)27/h1-4,9,11H,5-7H2,(H2,18,28)(H,23,25)(H,26,27)(H4,19,20,21)(H2,22,24,29)/t9?,11-/m1/s1. The highest BCUT2D eigenvalue weighted by atomic mass is 35.5. The number of halogens is 1. The van der Waals surface area contributed by atoms with Crippen LogP contribution in [-0.2, 0) is 14.4 Å². The molecule has 1 aromatic rings. The lowest BCUT2D eigenvalue weighted by molar-refractivity contribution is -0.139. The molecule has 2 atom stereocenters. The molecule has 1 aromatic carbocycles. The summed E-state index contributed by atoms with van der Waals surface area (Å²) in [5.74, 6) is -3.50. The first-order valence-electron chi connectivity index (χ1n) is 8.25. The summed E-state index contributed by atoms with van der Waals surface area (Å²) in [7, 11) is 0. The van der Waals surface area contributed by atoms with E-state index in [1.807, 2.05) is 10.7 Å². The molecule has 0 bridgehead atoms. The van der Waals surface area contributed by atoms with Crippen molar-refractivity contribution in [3.63, 3.8) is 0 Å². The number of nitrogens with zero attached hydrogens (tertiary/aromatic N) is 1. The topological polar surface area (TPSA) is 215 Å². The molecule has 0 aliphatic carbocycles. The molecule has 1 unspecified atom stereocenters. The number of carbonyl (C=O) groups is 4. The number of nitrogens with one attached hydrogen (secondary N) is 3. The van der Waals surface area contributed by atoms with E-state index in [1.54, 1.807) is 24.3 Å². The Labute approximate surface area is 170 Å². The number of carbonyl (C=O) groups excluding carboxylic acids is 3. The zero-order valence-corrected chi connectivity index (χ0v) is 16.0. The van der Waals surface area contributed by atoms with Crippen molar-refractivity contribution in [2.45, 2.75) is 24.8 Å². The number of nitrogens with two attached hydrogens (primary N) is 3. The molecule has 158 valence electrons. The van der Waals surface area contributed by atoms with Gasteiger partial charge in [0.2, 0.25) is 11.8 Å². The van der Waals surface area contributed by atoms with Crippen LogP contribution in [0.25, 0.3) is 0 Å². The van der Waals surface area contributed by atoms with Gasteiger partial charge in [-0.2, -0.15) is 0 Å². The van der Waals surface area contributed by atoms with Crippen LogP contribution in [0.4, 0.5) is 4.79 Å². The van der Waals surface area contributed by atoms with Gasteiger partial charge in [0.25, 0.3) is 0 Å². The highest BCUT2D eigenvalue weighted by molar-refractivity contribution is 6.30. The summed E-state index contributed by atoms with van der Waals surface area (Å²) in [5.41, 5.74) is 20.6. The lowest BCUT2D eigenvalue weighted by Crippen LogP contribution is -2.53. The molecule has 0 aromatic heterocycles. The number of hydrogen-bond acceptors (Lipinski definition) is 5. The lowest BCUT2D eigenvalue weighted by Gasteiger charge is -2.17. The van der Waals surface area contributed by atoms with E-state index >= 15 is 0 Å². The van der Waals surface area contributed by atoms with Crippen molar-refractivity contribution in [1.82, 2.24) is 16.2 Å². The zero-order chi connectivity index (χ0) is 22.0. The minimum absolute atomic E-state index is 0.0902. The van der Waals surface area contributed by atoms with Gasteiger partial charge in [0.05, 0.1) is 13.0 Å². The van der Waals surface area contributed by atoms with Crippen molar-refractivity contribution < 1.29 is 24.3 Å². The Kier molecular flexibility index (Phi) is 9.19. The number of amides is 4. The molecule has 0 saturated heterocycles. The zero-order valence-electron chi connectivity index (χ0n) is 15.2. The summed E-state index contributed by atoms with van der Waals surface area (Å²) >= 11 is 5.86. The maximum Gasteiger partial charge on any atom is 0.334 e. The smallest absolute Gasteiger partial charge is 0.334 e. The van der Waals surface area contributed by atoms with Gasteiger partial charge in [-0.1, -0.05) is 23.7 Å². The molecule has 1 rings (SSSR count). The quantitative estimate of drug-likeness (QED) is 0.144. The van der Waals surface area contributed by atoms with Crippen LogP contribution in [0.1, 0.15) is 24.3 Å². The second-order valence-electron chi connectivity index (χ2n) is 5.92. The third-order valence-electron chi connectivity index (χ3n) is 3.61. The summed E-state index contributed by atoms with van der Waals surface area (Å²) in [4.78, 5) is 49.6. The predicted octanol–water partition coefficient (Wildman–Crippen LogP) is -1.25. The Morgan fingerprint density at radius 2 is 1.66 bits per heavy atom. The van der Waals surface area contributed by atoms with Crippen molar-refractivity contribution in [3.8, 4) is 0 Å². The maximum atomic E-state index is 12.2. The molecule has 13 heteroatoms. The van der Waals surface area contributed by atoms with Gasteiger partial charge < -0.3 is 27.6 Å². The van der Waals surface area contributed by atoms with Crippen LogP contribution in [0.2, 0.25) is 5.02 Å². The number of rotatable bonds is 9. The lowest BCUT2D eigenvalue weighted by atomic mass is 9.95. The molecule has 0 aliphatic rings. The van der Waals surface area contributed by atoms with E-state index in [-0.39, 0.29) is 18.9 Å². The average Bonchev–Trinajstić information content (AvgIpc) is 2.63. The number of urea groups is 1. The van der Waals surface area contributed by atoms with Gasteiger partial charge >= 0.3 is 12.0 Å². The molecule has 0 radical (unpaired) electrons. The van der Waals surface area contributed by atoms with Crippen LogP contribution in [0.5, 0.6) is 0 Å². The van der Waals surface area contributed by atoms with E-state index in [4.69, 9.17) is 33.9 Å². The first-order valence-corrected chi connectivity index (χ1v) is 8.63. The second kappa shape index (κ2) is 11.3. The molecular formula is C16H22ClN7O5. The van der Waals surface area contributed by atoms with E-state index in [9.17, 15) is 19.2 Å². The largest absolute Gasteiger partial charge is 0.481 e. The number of primary amides is 1. The number of carboxylic acids is 1. The van der Waals surface area contributed by atoms with Gasteiger partial charge in [-0.25, -0.2) is 10.2 Å². The summed E-state index contributed by atoms with van der Waals surface area (Å²) in [6, 6.07) is 4.28. The number of aliphatic carboxylic acids is 1. The van der Waals surface area contributed by atoms with E-state index in [0.29, 0.717) is 5.02 Å². The minimum atomic E-state index is -1.44. The number of carboxylic acid groups (broad SMARTS) is 1. The molecule has 0 spiro atoms. The van der Waals surface area contributed by atoms with Gasteiger partial charge in [-0.3, -0.25) is 24.8 Å². The molecule has 0 heterocycles. The minimum Gasteiger partial charge on any atom is -0.481 e. The van der Waals surface area contributed by atoms with Gasteiger partial charge in [-0.05, 0) is 17.7 Å². The van der Waals surface area contributed by atoms with E-state index < -0.39 is 42.2 Å². The maximum absolute atomic E-state index is 12.2. The monoisotopic (exact) mass is 427 g/mol. The van der Waals surface area contributed by atoms with Crippen molar-refractivity contribution in [2.24, 2.45) is 22.2 Å². The van der Waals surface area contributed by atoms with Crippen LogP contribution in [0.3, 0.4) is 0 Å². The normalized spacial score (nSPS) is 12.2. The summed E-state index contributed by atoms with van der Waals surface area (Å²) in [6.07, 6.45) is -0.791. The van der Waals surface area contributed by atoms with Crippen LogP contribution in [0.15, 0.2) is 29.3 Å². The SMILES string of the molecule is NC(=O)[C@@H](CC(=O)O)NC(=O)NNC(=O)CC(CN=C(N)N)c1ccc(Cl)cc1. The molecule has 29 heavy (non-hydrogen) atoms. The number of aliphatic imine (C=N–C) groups is 1. The first kappa shape index (κ1) is 23.5. The number of hydrogen-bond donors (Lipinski definition) is 7. The van der Waals surface area contributed by atoms with Crippen molar-refractivity contribution in [1.29, 1.82) is 0 Å². The predicted molar refractivity (Wildman–Crippen MR) is 105 cm³/mol. The fraction of sp³-hybridized carbons (Fsp3) is 0.312. The molecule has 4 amide bonds. The summed E-state index contributed by atoms with van der Waals surface area (Å²) in [6.45, 7) is 0.117. The van der Waals surface area contributed by atoms with Crippen LogP contribution in [-0.4, -0.2) is 47.5 Å². The van der Waals surface area contributed by atoms with E-state index in [1.165, 1.54) is 0 Å². The van der Waals surface area contributed by atoms with Crippen LogP contribution < -0.4 is 33.4 Å². The molecule has 12 nitrogen and oxygen atoms in total. The van der Waals surface area contributed by atoms with Gasteiger partial charge in [0.1, 0.15) is 6.04 Å². The summed E-state index contributed by atoms with van der Waals surface area (Å²) in [5, 5.41) is 11.3. The number of benzene rings is 1. The van der Waals surface area contributed by atoms with E-state index in [0.717, 1.165) is 5.56 Å². The third-order valence-corrected chi connectivity index (χ3v) is 3.86. The van der Waals surface area contributed by atoms with Crippen LogP contribution >= 0.6 is 11.6 Å². The Bertz CT molecular complexity index is 780. The Balaban J connectivity index is 2.66. The summed E-state index contributed by atoms with van der Waals surface area (Å²) < 4.78 is 0. The molecule has 0 aliphatic heterocycles. The number of guanidine groups is 1. The number of hydrazine groups is 1. The molecule has 0 fully saturated rings. The van der Waals surface area contributed by atoms with Crippen LogP contribution in [0, 0.1) is 0 Å². The average molecular weight is 428 g/mol. The van der Waals surface area contributed by atoms with E-state index in [2.05, 4.69) is 10.4 Å². The third kappa shape index (κ3) is 9.28. The van der Waals surface area contributed by atoms with Crippen molar-refractivity contribution in [2.75, 3.05) is 6.54 Å². The highest BCUT2D eigenvalue weighted by Crippen LogP contribution is 2.22. The molecular weight excluding hydrogens is 406 g/mol. The Morgan fingerprint density at radius 3 is 2.17 bits per heavy atom. The van der Waals surface area contributed by atoms with Gasteiger partial charge in [0, 0.05) is 17.4 Å². The molecule has 10 N–H and O–H groups in total. The van der Waals surface area contributed by atoms with Gasteiger partial charge in [-0.15, -0.1) is 0 Å². The Hall–Kier alpha value is -3.54. The van der Waals surface area contributed by atoms with Crippen molar-refractivity contribution >= 4 is 41.4 Å². The second-order valence-corrected chi connectivity index (χ2v) is 6.35. The van der Waals surface area contributed by atoms with Crippen molar-refractivity contribution in [3.05, 3.63) is 34.9 Å². The first-order chi connectivity index (χ1) is 13.6. The highest BCUT2D eigenvalue weighted by Gasteiger charge is 2.22. The Morgan fingerprint density at radius 1 is 1.03 bits per heavy atom.